The van der Waals surface area contributed by atoms with Gasteiger partial charge in [-0.1, -0.05) is 62.7 Å². The van der Waals surface area contributed by atoms with E-state index in [4.69, 9.17) is 25.4 Å². The smallest absolute Gasteiger partial charge is 0.336 e. The van der Waals surface area contributed by atoms with Crippen LogP contribution in [0, 0.1) is 11.6 Å². The van der Waals surface area contributed by atoms with Crippen LogP contribution in [-0.2, 0) is 5.41 Å². The van der Waals surface area contributed by atoms with Crippen molar-refractivity contribution in [1.82, 2.24) is 20.6 Å². The average Bonchev–Trinajstić information content (AvgIpc) is 3.88. The lowest BCUT2D eigenvalue weighted by molar-refractivity contribution is 0.0684. The van der Waals surface area contributed by atoms with Gasteiger partial charge in [0.1, 0.15) is 28.3 Å². The summed E-state index contributed by atoms with van der Waals surface area (Å²) in [7, 11) is 3.01. The van der Waals surface area contributed by atoms with Gasteiger partial charge in [0.05, 0.1) is 38.7 Å². The van der Waals surface area contributed by atoms with E-state index in [1.165, 1.54) is 68.7 Å². The van der Waals surface area contributed by atoms with Crippen LogP contribution in [0.1, 0.15) is 87.3 Å². The van der Waals surface area contributed by atoms with Gasteiger partial charge in [-0.25, -0.2) is 28.3 Å². The van der Waals surface area contributed by atoms with Crippen molar-refractivity contribution in [2.24, 2.45) is 0 Å². The number of carboxylic acids is 2. The van der Waals surface area contributed by atoms with Gasteiger partial charge < -0.3 is 29.7 Å². The van der Waals surface area contributed by atoms with Crippen molar-refractivity contribution in [3.05, 3.63) is 160 Å². The van der Waals surface area contributed by atoms with Crippen molar-refractivity contribution < 1.29 is 47.0 Å². The summed E-state index contributed by atoms with van der Waals surface area (Å²) >= 11 is 6.56. The molecular formula is C52H43ClF2N4O8. The number of allylic oxidation sites excluding steroid dienone is 2. The Labute approximate surface area is 388 Å². The number of nitrogens with one attached hydrogen (secondary N) is 2. The summed E-state index contributed by atoms with van der Waals surface area (Å²) in [5.41, 5.74) is 6.12. The van der Waals surface area contributed by atoms with Crippen LogP contribution in [0.3, 0.4) is 0 Å². The normalized spacial score (nSPS) is 11.6. The van der Waals surface area contributed by atoms with E-state index >= 15 is 0 Å². The highest BCUT2D eigenvalue weighted by Gasteiger charge is 2.30. The number of amides is 2. The second-order valence-electron chi connectivity index (χ2n) is 16.3. The number of aromatic carboxylic acids is 2. The molecule has 0 radical (unpaired) electrons. The first-order chi connectivity index (χ1) is 31.9. The molecule has 15 heteroatoms. The van der Waals surface area contributed by atoms with Gasteiger partial charge in [-0.3, -0.25) is 9.59 Å². The Bertz CT molecular complexity index is 3300. The Morgan fingerprint density at radius 1 is 0.657 bits per heavy atom. The molecule has 0 aliphatic carbocycles. The molecule has 0 saturated heterocycles. The maximum atomic E-state index is 13.5. The molecular weight excluding hydrogens is 882 g/mol. The van der Waals surface area contributed by atoms with Crippen molar-refractivity contribution in [3.8, 4) is 44.9 Å². The molecule has 340 valence electrons. The van der Waals surface area contributed by atoms with E-state index in [2.05, 4.69) is 15.6 Å². The number of furan rings is 2. The van der Waals surface area contributed by atoms with Gasteiger partial charge >= 0.3 is 11.9 Å². The van der Waals surface area contributed by atoms with Crippen LogP contribution >= 0.6 is 11.6 Å². The minimum absolute atomic E-state index is 0.100. The van der Waals surface area contributed by atoms with Gasteiger partial charge in [-0.05, 0) is 120 Å². The lowest BCUT2D eigenvalue weighted by atomic mass is 9.79. The molecule has 0 bridgehead atoms. The topological polar surface area (TPSA) is 185 Å². The van der Waals surface area contributed by atoms with Gasteiger partial charge in [0.15, 0.2) is 0 Å². The summed E-state index contributed by atoms with van der Waals surface area (Å²) in [4.78, 5) is 58.3. The number of pyridine rings is 2. The molecule has 0 fully saturated rings. The van der Waals surface area contributed by atoms with Crippen molar-refractivity contribution in [1.29, 1.82) is 0 Å². The molecule has 0 aliphatic rings. The molecule has 0 atom stereocenters. The summed E-state index contributed by atoms with van der Waals surface area (Å²) in [6.07, 6.45) is 1.89. The predicted molar refractivity (Wildman–Crippen MR) is 253 cm³/mol. The first-order valence-corrected chi connectivity index (χ1v) is 21.1. The van der Waals surface area contributed by atoms with Gasteiger partial charge in [-0.15, -0.1) is 0 Å². The summed E-state index contributed by atoms with van der Waals surface area (Å²) in [6, 6.07) is 26.2. The number of carbonyl (C=O) groups is 4. The summed E-state index contributed by atoms with van der Waals surface area (Å²) in [6.45, 7) is 9.51. The average molecular weight is 925 g/mol. The Hall–Kier alpha value is -7.97. The molecule has 4 N–H and O–H groups in total. The van der Waals surface area contributed by atoms with E-state index in [1.54, 1.807) is 48.5 Å². The number of hydrogen-bond donors (Lipinski definition) is 4. The van der Waals surface area contributed by atoms with Gasteiger partial charge in [0, 0.05) is 36.3 Å². The van der Waals surface area contributed by atoms with Crippen molar-refractivity contribution in [3.63, 3.8) is 0 Å². The number of nitrogens with zero attached hydrogens (tertiary/aromatic N) is 2. The fraction of sp³-hybridized carbons (Fsp3) is 0.154. The molecule has 0 aliphatic heterocycles. The fourth-order valence-electron chi connectivity index (χ4n) is 7.76. The molecule has 4 aromatic heterocycles. The standard InChI is InChI=1S/C26H22ClFN2O4.C26H21FN2O4/c1-26(2,3)20-15(6-5-7-16(20)25(32)33)17-12-18-19(23(31)29-4)21(34-24(18)30-22(17)27)13-8-10-14(28)11-9-13;1-4-14(2)22-19(16-6-5-7-17(12-16)26(31)32)13-20-21(24(30)28-3)23(33-25(20)29-22)15-8-10-18(27)11-9-15/h5-12H,1-4H3,(H,29,31)(H,32,33);4-13H,1-3H3,(H,28,30)(H,31,32). The number of halogens is 3. The van der Waals surface area contributed by atoms with Crippen molar-refractivity contribution in [2.45, 2.75) is 40.0 Å². The van der Waals surface area contributed by atoms with Crippen LogP contribution in [-0.4, -0.2) is 58.0 Å². The number of carbonyl (C=O) groups excluding carboxylic acids is 2. The monoisotopic (exact) mass is 924 g/mol. The Morgan fingerprint density at radius 2 is 1.16 bits per heavy atom. The summed E-state index contributed by atoms with van der Waals surface area (Å²) < 4.78 is 38.9. The minimum atomic E-state index is -1.05. The third-order valence-corrected chi connectivity index (χ3v) is 11.3. The highest BCUT2D eigenvalue weighted by atomic mass is 35.5. The Morgan fingerprint density at radius 3 is 1.64 bits per heavy atom. The maximum Gasteiger partial charge on any atom is 0.336 e. The molecule has 0 spiro atoms. The minimum Gasteiger partial charge on any atom is -0.478 e. The molecule has 0 saturated carbocycles. The van der Waals surface area contributed by atoms with Crippen LogP contribution in [0.4, 0.5) is 8.78 Å². The molecule has 4 heterocycles. The first-order valence-electron chi connectivity index (χ1n) is 20.8. The predicted octanol–water partition coefficient (Wildman–Crippen LogP) is 12.1. The van der Waals surface area contributed by atoms with E-state index in [0.29, 0.717) is 55.4 Å². The first kappa shape index (κ1) is 47.0. The third-order valence-electron chi connectivity index (χ3n) is 11.0. The Kier molecular flexibility index (Phi) is 13.2. The lowest BCUT2D eigenvalue weighted by Gasteiger charge is -2.25. The Balaban J connectivity index is 0.000000199. The number of fused-ring (bicyclic) bond motifs is 2. The number of hydrogen-bond acceptors (Lipinski definition) is 8. The molecule has 67 heavy (non-hydrogen) atoms. The van der Waals surface area contributed by atoms with Crippen molar-refractivity contribution >= 4 is 63.1 Å². The highest BCUT2D eigenvalue weighted by molar-refractivity contribution is 6.33. The number of aromatic nitrogens is 2. The zero-order chi connectivity index (χ0) is 48.5. The lowest BCUT2D eigenvalue weighted by Crippen LogP contribution is -2.19. The number of rotatable bonds is 9. The van der Waals surface area contributed by atoms with E-state index in [9.17, 15) is 38.2 Å². The molecule has 0 unspecified atom stereocenters. The van der Waals surface area contributed by atoms with Gasteiger partial charge in [0.2, 0.25) is 11.4 Å². The highest BCUT2D eigenvalue weighted by Crippen LogP contribution is 2.43. The zero-order valence-electron chi connectivity index (χ0n) is 37.3. The van der Waals surface area contributed by atoms with E-state index in [-0.39, 0.29) is 56.3 Å². The summed E-state index contributed by atoms with van der Waals surface area (Å²) in [5, 5.41) is 25.4. The zero-order valence-corrected chi connectivity index (χ0v) is 38.0. The maximum absolute atomic E-state index is 13.5. The van der Waals surface area contributed by atoms with E-state index < -0.39 is 34.9 Å². The quantitative estimate of drug-likeness (QED) is 0.102. The largest absolute Gasteiger partial charge is 0.478 e. The van der Waals surface area contributed by atoms with Gasteiger partial charge in [-0.2, -0.15) is 0 Å². The third kappa shape index (κ3) is 9.29. The second kappa shape index (κ2) is 18.9. The van der Waals surface area contributed by atoms with Crippen LogP contribution < -0.4 is 10.6 Å². The van der Waals surface area contributed by atoms with Crippen LogP contribution in [0.15, 0.2) is 118 Å². The summed E-state index contributed by atoms with van der Waals surface area (Å²) in [5.74, 6) is -3.20. The molecule has 8 aromatic rings. The van der Waals surface area contributed by atoms with Crippen LogP contribution in [0.25, 0.3) is 72.7 Å². The molecule has 4 aromatic carbocycles. The molecule has 2 amide bonds. The number of benzene rings is 4. The van der Waals surface area contributed by atoms with Gasteiger partial charge in [0.25, 0.3) is 11.8 Å². The van der Waals surface area contributed by atoms with E-state index in [0.717, 1.165) is 5.57 Å². The molecule has 8 rings (SSSR count). The molecule has 12 nitrogen and oxygen atoms in total. The fourth-order valence-corrected chi connectivity index (χ4v) is 8.00. The van der Waals surface area contributed by atoms with Crippen LogP contribution in [0.5, 0.6) is 0 Å². The van der Waals surface area contributed by atoms with E-state index in [1.807, 2.05) is 40.7 Å². The number of carboxylic acid groups (broad SMARTS) is 2. The van der Waals surface area contributed by atoms with Crippen molar-refractivity contribution in [2.75, 3.05) is 14.1 Å². The van der Waals surface area contributed by atoms with Crippen LogP contribution in [0.2, 0.25) is 5.15 Å². The SMILES string of the molecule is CC=C(C)c1nc2oc(-c3ccc(F)cc3)c(C(=O)NC)c2cc1-c1cccc(C(=O)O)c1.CNC(=O)c1c(-c2ccc(F)cc2)oc2nc(Cl)c(-c3cccc(C(=O)O)c3C(C)(C)C)cc12. The second-order valence-corrected chi connectivity index (χ2v) is 16.7.